The minimum absolute atomic E-state index is 0.0127. The first-order valence-corrected chi connectivity index (χ1v) is 11.0. The predicted molar refractivity (Wildman–Crippen MR) is 128 cm³/mol. The number of hydrogen-bond donors (Lipinski definition) is 1. The van der Waals surface area contributed by atoms with E-state index in [2.05, 4.69) is 61.8 Å². The molecule has 1 aliphatic heterocycles. The summed E-state index contributed by atoms with van der Waals surface area (Å²) in [5.41, 5.74) is 5.57. The van der Waals surface area contributed by atoms with E-state index in [1.54, 1.807) is 6.20 Å². The van der Waals surface area contributed by atoms with E-state index >= 15 is 0 Å². The zero-order chi connectivity index (χ0) is 22.1. The predicted octanol–water partition coefficient (Wildman–Crippen LogP) is 4.45. The molecular formula is C25H24N6S. The minimum Gasteiger partial charge on any atom is -0.352 e. The van der Waals surface area contributed by atoms with Gasteiger partial charge in [-0.15, -0.1) is 0 Å². The number of pyridine rings is 3. The molecule has 0 aliphatic carbocycles. The first-order valence-electron chi connectivity index (χ1n) is 10.6. The summed E-state index contributed by atoms with van der Waals surface area (Å²) in [5, 5.41) is 4.25. The number of nitrogens with zero attached hydrogens (tertiary/aromatic N) is 5. The number of aromatic nitrogens is 4. The fraction of sp³-hybridized carbons (Fsp3) is 0.200. The monoisotopic (exact) mass is 440 g/mol. The molecule has 5 rings (SSSR count). The Hall–Kier alpha value is -3.58. The van der Waals surface area contributed by atoms with E-state index < -0.39 is 0 Å². The molecule has 4 aromatic heterocycles. The van der Waals surface area contributed by atoms with Crippen LogP contribution in [0.2, 0.25) is 0 Å². The van der Waals surface area contributed by atoms with Crippen molar-refractivity contribution in [3.8, 4) is 5.82 Å². The lowest BCUT2D eigenvalue weighted by Crippen LogP contribution is -2.29. The van der Waals surface area contributed by atoms with Crippen molar-refractivity contribution < 1.29 is 0 Å². The summed E-state index contributed by atoms with van der Waals surface area (Å²) in [7, 11) is 0. The van der Waals surface area contributed by atoms with Crippen molar-refractivity contribution >= 4 is 17.3 Å². The van der Waals surface area contributed by atoms with Gasteiger partial charge in [0.05, 0.1) is 17.8 Å². The zero-order valence-electron chi connectivity index (χ0n) is 18.0. The summed E-state index contributed by atoms with van der Waals surface area (Å²) in [6.07, 6.45) is 7.34. The summed E-state index contributed by atoms with van der Waals surface area (Å²) in [6.45, 7) is 4.93. The number of rotatable bonds is 5. The topological polar surface area (TPSA) is 58.9 Å². The molecule has 1 aliphatic rings. The Balaban J connectivity index is 1.62. The highest BCUT2D eigenvalue weighted by molar-refractivity contribution is 7.80. The third-order valence-electron chi connectivity index (χ3n) is 5.94. The quantitative estimate of drug-likeness (QED) is 0.463. The number of thiocarbonyl (C=S) groups is 1. The molecule has 1 fully saturated rings. The van der Waals surface area contributed by atoms with Crippen LogP contribution in [0.4, 0.5) is 0 Å². The second kappa shape index (κ2) is 8.51. The molecule has 160 valence electrons. The van der Waals surface area contributed by atoms with E-state index in [4.69, 9.17) is 12.2 Å². The minimum atomic E-state index is -0.0574. The van der Waals surface area contributed by atoms with Crippen LogP contribution >= 0.6 is 12.2 Å². The first-order chi connectivity index (χ1) is 15.6. The third-order valence-corrected chi connectivity index (χ3v) is 6.29. The van der Waals surface area contributed by atoms with Crippen molar-refractivity contribution in [3.63, 3.8) is 0 Å². The van der Waals surface area contributed by atoms with E-state index in [9.17, 15) is 0 Å². The van der Waals surface area contributed by atoms with Gasteiger partial charge < -0.3 is 14.8 Å². The Labute approximate surface area is 193 Å². The zero-order valence-corrected chi connectivity index (χ0v) is 18.8. The van der Waals surface area contributed by atoms with Gasteiger partial charge in [-0.2, -0.15) is 0 Å². The van der Waals surface area contributed by atoms with Crippen molar-refractivity contribution in [2.75, 3.05) is 0 Å². The maximum atomic E-state index is 5.82. The van der Waals surface area contributed by atoms with Crippen molar-refractivity contribution in [3.05, 3.63) is 108 Å². The molecule has 1 saturated heterocycles. The second-order valence-corrected chi connectivity index (χ2v) is 8.35. The van der Waals surface area contributed by atoms with Crippen LogP contribution in [0.15, 0.2) is 79.4 Å². The highest BCUT2D eigenvalue weighted by Gasteiger charge is 2.41. The summed E-state index contributed by atoms with van der Waals surface area (Å²) in [5.74, 6) is 0.912. The summed E-state index contributed by atoms with van der Waals surface area (Å²) >= 11 is 5.82. The standard InChI is InChI=1S/C25H24N6S/c1-17-14-20(18(2)31(17)22-10-4-6-13-28-22)24-23(21-9-3-5-12-27-21)29-25(32)30(24)16-19-8-7-11-26-15-19/h3-15,23-24H,16H2,1-2H3,(H,29,32). The molecule has 7 heteroatoms. The Bertz CT molecular complexity index is 1220. The molecule has 2 atom stereocenters. The molecule has 6 nitrogen and oxygen atoms in total. The van der Waals surface area contributed by atoms with Crippen LogP contribution in [0.25, 0.3) is 5.82 Å². The second-order valence-electron chi connectivity index (χ2n) is 7.97. The number of nitrogens with one attached hydrogen (secondary N) is 1. The Morgan fingerprint density at radius 3 is 2.47 bits per heavy atom. The summed E-state index contributed by atoms with van der Waals surface area (Å²) in [4.78, 5) is 15.8. The molecule has 0 bridgehead atoms. The number of hydrogen-bond acceptors (Lipinski definition) is 4. The fourth-order valence-corrected chi connectivity index (χ4v) is 4.83. The van der Waals surface area contributed by atoms with Crippen LogP contribution in [-0.4, -0.2) is 29.5 Å². The van der Waals surface area contributed by atoms with Crippen LogP contribution in [0.1, 0.15) is 40.3 Å². The maximum absolute atomic E-state index is 5.82. The lowest BCUT2D eigenvalue weighted by molar-refractivity contribution is 0.310. The first kappa shape index (κ1) is 20.3. The van der Waals surface area contributed by atoms with E-state index in [0.29, 0.717) is 6.54 Å². The van der Waals surface area contributed by atoms with Crippen LogP contribution < -0.4 is 5.32 Å². The highest BCUT2D eigenvalue weighted by Crippen LogP contribution is 2.41. The molecule has 0 amide bonds. The Morgan fingerprint density at radius 2 is 1.78 bits per heavy atom. The van der Waals surface area contributed by atoms with Crippen LogP contribution in [-0.2, 0) is 6.54 Å². The molecule has 0 radical (unpaired) electrons. The largest absolute Gasteiger partial charge is 0.352 e. The average molecular weight is 441 g/mol. The van der Waals surface area contributed by atoms with Gasteiger partial charge in [0.15, 0.2) is 5.11 Å². The average Bonchev–Trinajstić information content (AvgIpc) is 3.30. The highest BCUT2D eigenvalue weighted by atomic mass is 32.1. The van der Waals surface area contributed by atoms with Gasteiger partial charge in [-0.25, -0.2) is 4.98 Å². The van der Waals surface area contributed by atoms with Gasteiger partial charge in [-0.3, -0.25) is 9.97 Å². The van der Waals surface area contributed by atoms with Gasteiger partial charge in [-0.1, -0.05) is 18.2 Å². The molecular weight excluding hydrogens is 416 g/mol. The molecule has 2 unspecified atom stereocenters. The van der Waals surface area contributed by atoms with Gasteiger partial charge in [0.2, 0.25) is 0 Å². The van der Waals surface area contributed by atoms with E-state index in [1.165, 1.54) is 5.56 Å². The maximum Gasteiger partial charge on any atom is 0.170 e. The van der Waals surface area contributed by atoms with Gasteiger partial charge in [-0.05, 0) is 73.6 Å². The van der Waals surface area contributed by atoms with Crippen molar-refractivity contribution in [2.24, 2.45) is 0 Å². The van der Waals surface area contributed by atoms with Crippen molar-refractivity contribution in [2.45, 2.75) is 32.5 Å². The summed E-state index contributed by atoms with van der Waals surface area (Å²) < 4.78 is 2.20. The van der Waals surface area contributed by atoms with Gasteiger partial charge in [0, 0.05) is 42.7 Å². The molecule has 1 N–H and O–H groups in total. The smallest absolute Gasteiger partial charge is 0.170 e. The van der Waals surface area contributed by atoms with E-state index in [0.717, 1.165) is 33.6 Å². The molecule has 4 aromatic rings. The Morgan fingerprint density at radius 1 is 0.969 bits per heavy atom. The van der Waals surface area contributed by atoms with E-state index in [1.807, 2.05) is 55.0 Å². The van der Waals surface area contributed by atoms with Crippen molar-refractivity contribution in [1.29, 1.82) is 0 Å². The van der Waals surface area contributed by atoms with Crippen LogP contribution in [0.3, 0.4) is 0 Å². The molecule has 0 saturated carbocycles. The molecule has 0 aromatic carbocycles. The SMILES string of the molecule is Cc1cc(C2C(c3ccccn3)NC(=S)N2Cc2cccnc2)c(C)n1-c1ccccn1. The molecule has 0 spiro atoms. The Kier molecular flexibility index (Phi) is 5.41. The van der Waals surface area contributed by atoms with Crippen LogP contribution in [0, 0.1) is 13.8 Å². The van der Waals surface area contributed by atoms with Crippen molar-refractivity contribution in [1.82, 2.24) is 29.7 Å². The number of aryl methyl sites for hydroxylation is 1. The van der Waals surface area contributed by atoms with E-state index in [-0.39, 0.29) is 12.1 Å². The van der Waals surface area contributed by atoms with Crippen LogP contribution in [0.5, 0.6) is 0 Å². The normalized spacial score (nSPS) is 18.1. The van der Waals surface area contributed by atoms with Gasteiger partial charge in [0.25, 0.3) is 0 Å². The molecule has 32 heavy (non-hydrogen) atoms. The summed E-state index contributed by atoms with van der Waals surface area (Å²) in [6, 6.07) is 18.2. The van der Waals surface area contributed by atoms with Gasteiger partial charge in [0.1, 0.15) is 5.82 Å². The lowest BCUT2D eigenvalue weighted by Gasteiger charge is -2.28. The molecule has 5 heterocycles. The fourth-order valence-electron chi connectivity index (χ4n) is 4.53. The lowest BCUT2D eigenvalue weighted by atomic mass is 9.96. The van der Waals surface area contributed by atoms with Gasteiger partial charge >= 0.3 is 0 Å². The third kappa shape index (κ3) is 3.65.